The molecule has 0 aliphatic rings. The lowest BCUT2D eigenvalue weighted by Gasteiger charge is -2.09. The van der Waals surface area contributed by atoms with Crippen molar-refractivity contribution in [2.24, 2.45) is 0 Å². The molecule has 3 aromatic rings. The van der Waals surface area contributed by atoms with E-state index >= 15 is 0 Å². The van der Waals surface area contributed by atoms with Crippen molar-refractivity contribution in [2.75, 3.05) is 0 Å². The Balaban J connectivity index is 1.57. The van der Waals surface area contributed by atoms with E-state index in [9.17, 15) is 4.21 Å². The maximum atomic E-state index is 12.5. The first-order valence-electron chi connectivity index (χ1n) is 8.11. The second kappa shape index (κ2) is 9.85. The molecule has 0 aliphatic carbocycles. The minimum Gasteiger partial charge on any atom is -0.259 e. The Labute approximate surface area is 160 Å². The third-order valence-electron chi connectivity index (χ3n) is 3.68. The SMILES string of the molecule is O=S(Cc1ccccc1)Cc1ccccc1SSCc1ccccc1. The first-order chi connectivity index (χ1) is 12.3. The summed E-state index contributed by atoms with van der Waals surface area (Å²) in [6.45, 7) is 0. The Bertz CT molecular complexity index is 804. The first-order valence-corrected chi connectivity index (χ1v) is 11.9. The Morgan fingerprint density at radius 2 is 1.28 bits per heavy atom. The van der Waals surface area contributed by atoms with Gasteiger partial charge in [0.15, 0.2) is 0 Å². The van der Waals surface area contributed by atoms with Gasteiger partial charge in [0.05, 0.1) is 0 Å². The van der Waals surface area contributed by atoms with Crippen LogP contribution in [-0.2, 0) is 28.1 Å². The molecule has 3 rings (SSSR count). The zero-order valence-corrected chi connectivity index (χ0v) is 16.3. The van der Waals surface area contributed by atoms with Crippen LogP contribution in [0.15, 0.2) is 89.8 Å². The molecule has 0 amide bonds. The highest BCUT2D eigenvalue weighted by atomic mass is 33.1. The summed E-state index contributed by atoms with van der Waals surface area (Å²) in [5, 5.41) is 0. The predicted octanol–water partition coefficient (Wildman–Crippen LogP) is 6.08. The Kier molecular flexibility index (Phi) is 7.22. The van der Waals surface area contributed by atoms with E-state index in [1.54, 1.807) is 10.8 Å². The van der Waals surface area contributed by atoms with Gasteiger partial charge in [0.2, 0.25) is 0 Å². The average molecular weight is 385 g/mol. The van der Waals surface area contributed by atoms with Gasteiger partial charge in [-0.3, -0.25) is 4.21 Å². The number of hydrogen-bond acceptors (Lipinski definition) is 3. The Hall–Kier alpha value is -1.49. The maximum absolute atomic E-state index is 12.5. The van der Waals surface area contributed by atoms with Crippen molar-refractivity contribution >= 4 is 32.4 Å². The van der Waals surface area contributed by atoms with Gasteiger partial charge in [-0.15, -0.1) is 0 Å². The van der Waals surface area contributed by atoms with Crippen molar-refractivity contribution in [3.63, 3.8) is 0 Å². The molecule has 0 saturated carbocycles. The summed E-state index contributed by atoms with van der Waals surface area (Å²) in [4.78, 5) is 1.21. The summed E-state index contributed by atoms with van der Waals surface area (Å²) in [5.41, 5.74) is 3.62. The van der Waals surface area contributed by atoms with E-state index < -0.39 is 10.8 Å². The van der Waals surface area contributed by atoms with Crippen LogP contribution in [0.5, 0.6) is 0 Å². The van der Waals surface area contributed by atoms with Crippen LogP contribution in [0, 0.1) is 0 Å². The average Bonchev–Trinajstić information content (AvgIpc) is 2.65. The van der Waals surface area contributed by atoms with E-state index in [0.717, 1.165) is 11.3 Å². The molecule has 0 aromatic heterocycles. The lowest BCUT2D eigenvalue weighted by molar-refractivity contribution is 0.682. The summed E-state index contributed by atoms with van der Waals surface area (Å²) >= 11 is 0. The molecule has 128 valence electrons. The minimum absolute atomic E-state index is 0.601. The second-order valence-electron chi connectivity index (χ2n) is 5.65. The fourth-order valence-electron chi connectivity index (χ4n) is 2.42. The molecule has 0 spiro atoms. The molecule has 25 heavy (non-hydrogen) atoms. The van der Waals surface area contributed by atoms with Crippen LogP contribution >= 0.6 is 21.6 Å². The van der Waals surface area contributed by atoms with E-state index in [0.29, 0.717) is 11.5 Å². The summed E-state index contributed by atoms with van der Waals surface area (Å²) < 4.78 is 12.5. The minimum atomic E-state index is -0.896. The molecule has 0 fully saturated rings. The zero-order chi connectivity index (χ0) is 17.3. The molecule has 0 bridgehead atoms. The molecule has 0 radical (unpaired) electrons. The van der Waals surface area contributed by atoms with Crippen LogP contribution in [0.3, 0.4) is 0 Å². The molecule has 0 saturated heterocycles. The van der Waals surface area contributed by atoms with E-state index in [1.165, 1.54) is 16.0 Å². The van der Waals surface area contributed by atoms with Crippen molar-refractivity contribution in [3.05, 3.63) is 102 Å². The Morgan fingerprint density at radius 3 is 2.00 bits per heavy atom. The van der Waals surface area contributed by atoms with Gasteiger partial charge in [-0.1, -0.05) is 100 Å². The number of rotatable bonds is 8. The summed E-state index contributed by atoms with van der Waals surface area (Å²) in [5.74, 6) is 2.17. The molecule has 0 heterocycles. The van der Waals surface area contributed by atoms with Gasteiger partial charge in [-0.2, -0.15) is 0 Å². The van der Waals surface area contributed by atoms with Crippen LogP contribution in [0.2, 0.25) is 0 Å². The third kappa shape index (κ3) is 6.07. The smallest absolute Gasteiger partial charge is 0.0500 e. The molecule has 4 heteroatoms. The van der Waals surface area contributed by atoms with Crippen LogP contribution in [0.25, 0.3) is 0 Å². The maximum Gasteiger partial charge on any atom is 0.0500 e. The van der Waals surface area contributed by atoms with Crippen LogP contribution < -0.4 is 0 Å². The third-order valence-corrected chi connectivity index (χ3v) is 7.36. The molecule has 0 N–H and O–H groups in total. The van der Waals surface area contributed by atoms with Crippen molar-refractivity contribution in [2.45, 2.75) is 22.2 Å². The second-order valence-corrected chi connectivity index (χ2v) is 9.45. The molecule has 0 aliphatic heterocycles. The first kappa shape index (κ1) is 18.3. The van der Waals surface area contributed by atoms with Crippen LogP contribution in [0.4, 0.5) is 0 Å². The van der Waals surface area contributed by atoms with Crippen molar-refractivity contribution in [1.82, 2.24) is 0 Å². The van der Waals surface area contributed by atoms with Gasteiger partial charge < -0.3 is 0 Å². The van der Waals surface area contributed by atoms with Gasteiger partial charge in [0.25, 0.3) is 0 Å². The quantitative estimate of drug-likeness (QED) is 0.438. The van der Waals surface area contributed by atoms with E-state index in [-0.39, 0.29) is 0 Å². The summed E-state index contributed by atoms with van der Waals surface area (Å²) in [6, 6.07) is 28.8. The summed E-state index contributed by atoms with van der Waals surface area (Å²) in [7, 11) is 2.70. The van der Waals surface area contributed by atoms with Gasteiger partial charge in [0.1, 0.15) is 0 Å². The highest BCUT2D eigenvalue weighted by Gasteiger charge is 2.08. The molecular formula is C21H20OS3. The lowest BCUT2D eigenvalue weighted by atomic mass is 10.2. The fraction of sp³-hybridized carbons (Fsp3) is 0.143. The lowest BCUT2D eigenvalue weighted by Crippen LogP contribution is -2.00. The topological polar surface area (TPSA) is 17.1 Å². The summed E-state index contributed by atoms with van der Waals surface area (Å²) in [6.07, 6.45) is 0. The van der Waals surface area contributed by atoms with Crippen LogP contribution in [0.1, 0.15) is 16.7 Å². The molecular weight excluding hydrogens is 364 g/mol. The van der Waals surface area contributed by atoms with E-state index in [4.69, 9.17) is 0 Å². The number of hydrogen-bond donors (Lipinski definition) is 0. The van der Waals surface area contributed by atoms with E-state index in [1.807, 2.05) is 53.3 Å². The Morgan fingerprint density at radius 1 is 0.680 bits per heavy atom. The van der Waals surface area contributed by atoms with Gasteiger partial charge in [-0.05, 0) is 22.8 Å². The van der Waals surface area contributed by atoms with Gasteiger partial charge in [0, 0.05) is 33.0 Å². The molecule has 1 unspecified atom stereocenters. The fourth-order valence-corrected chi connectivity index (χ4v) is 6.13. The molecule has 3 aromatic carbocycles. The molecule has 1 nitrogen and oxygen atoms in total. The van der Waals surface area contributed by atoms with E-state index in [2.05, 4.69) is 42.5 Å². The largest absolute Gasteiger partial charge is 0.259 e. The number of benzene rings is 3. The normalized spacial score (nSPS) is 12.0. The standard InChI is InChI=1S/C21H20OS3/c22-25(16-19-11-5-2-6-12-19)17-20-13-7-8-14-21(20)24-23-15-18-9-3-1-4-10-18/h1-14H,15-17H2. The van der Waals surface area contributed by atoms with Crippen molar-refractivity contribution < 1.29 is 4.21 Å². The molecule has 1 atom stereocenters. The van der Waals surface area contributed by atoms with Crippen molar-refractivity contribution in [3.8, 4) is 0 Å². The van der Waals surface area contributed by atoms with Crippen LogP contribution in [-0.4, -0.2) is 4.21 Å². The highest BCUT2D eigenvalue weighted by Crippen LogP contribution is 2.36. The van der Waals surface area contributed by atoms with Gasteiger partial charge in [-0.25, -0.2) is 0 Å². The zero-order valence-electron chi connectivity index (χ0n) is 13.8. The predicted molar refractivity (Wildman–Crippen MR) is 112 cm³/mol. The van der Waals surface area contributed by atoms with Crippen molar-refractivity contribution in [1.29, 1.82) is 0 Å². The highest BCUT2D eigenvalue weighted by molar-refractivity contribution is 8.76. The van der Waals surface area contributed by atoms with Gasteiger partial charge >= 0.3 is 0 Å². The monoisotopic (exact) mass is 384 g/mol.